The molecular formula is C12H12BrFN4O. The number of anilines is 1. The van der Waals surface area contributed by atoms with E-state index < -0.39 is 5.82 Å². The van der Waals surface area contributed by atoms with E-state index in [4.69, 9.17) is 5.73 Å². The molecule has 19 heavy (non-hydrogen) atoms. The highest BCUT2D eigenvalue weighted by molar-refractivity contribution is 9.10. The summed E-state index contributed by atoms with van der Waals surface area (Å²) in [5.74, 6) is -0.861. The second-order valence-corrected chi connectivity index (χ2v) is 4.76. The van der Waals surface area contributed by atoms with Gasteiger partial charge in [-0.25, -0.2) is 9.37 Å². The standard InChI is InChI=1S/C12H12BrFN4O/c13-9-6-10(14)11(15)5-8(9)12(19)17-2-4-18-3-1-16-7-18/h1,3,5-7H,2,4,15H2,(H,17,19). The number of nitrogen functional groups attached to an aromatic ring is 1. The Hall–Kier alpha value is -1.89. The average molecular weight is 327 g/mol. The van der Waals surface area contributed by atoms with E-state index in [0.717, 1.165) is 0 Å². The van der Waals surface area contributed by atoms with E-state index in [2.05, 4.69) is 26.2 Å². The first-order valence-electron chi connectivity index (χ1n) is 5.56. The minimum atomic E-state index is -0.554. The Morgan fingerprint density at radius 1 is 1.53 bits per heavy atom. The van der Waals surface area contributed by atoms with Crippen LogP contribution in [0.15, 0.2) is 35.3 Å². The number of nitrogens with two attached hydrogens (primary N) is 1. The Morgan fingerprint density at radius 3 is 3.00 bits per heavy atom. The Kier molecular flexibility index (Phi) is 4.16. The molecule has 0 aliphatic rings. The fourth-order valence-corrected chi connectivity index (χ4v) is 2.05. The quantitative estimate of drug-likeness (QED) is 0.841. The van der Waals surface area contributed by atoms with Crippen LogP contribution in [0, 0.1) is 5.82 Å². The summed E-state index contributed by atoms with van der Waals surface area (Å²) in [4.78, 5) is 15.8. The maximum Gasteiger partial charge on any atom is 0.252 e. The SMILES string of the molecule is Nc1cc(C(=O)NCCn2ccnc2)c(Br)cc1F. The molecule has 100 valence electrons. The first-order valence-corrected chi connectivity index (χ1v) is 6.35. The van der Waals surface area contributed by atoms with Crippen molar-refractivity contribution in [2.45, 2.75) is 6.54 Å². The van der Waals surface area contributed by atoms with Crippen LogP contribution in [-0.2, 0) is 6.54 Å². The van der Waals surface area contributed by atoms with E-state index >= 15 is 0 Å². The van der Waals surface area contributed by atoms with Gasteiger partial charge in [-0.3, -0.25) is 4.79 Å². The molecule has 1 aromatic heterocycles. The number of hydrogen-bond donors (Lipinski definition) is 2. The van der Waals surface area contributed by atoms with Gasteiger partial charge in [-0.15, -0.1) is 0 Å². The molecule has 0 aliphatic carbocycles. The van der Waals surface area contributed by atoms with Crippen molar-refractivity contribution in [3.05, 3.63) is 46.7 Å². The molecule has 0 aliphatic heterocycles. The zero-order valence-electron chi connectivity index (χ0n) is 9.94. The molecular weight excluding hydrogens is 315 g/mol. The highest BCUT2D eigenvalue weighted by atomic mass is 79.9. The van der Waals surface area contributed by atoms with Crippen molar-refractivity contribution in [3.63, 3.8) is 0 Å². The molecule has 0 radical (unpaired) electrons. The van der Waals surface area contributed by atoms with Gasteiger partial charge in [0.2, 0.25) is 0 Å². The van der Waals surface area contributed by atoms with Crippen molar-refractivity contribution < 1.29 is 9.18 Å². The predicted octanol–water partition coefficient (Wildman–Crippen LogP) is 1.80. The third-order valence-corrected chi connectivity index (χ3v) is 3.20. The Bertz CT molecular complexity index is 586. The topological polar surface area (TPSA) is 72.9 Å². The second-order valence-electron chi connectivity index (χ2n) is 3.91. The second kappa shape index (κ2) is 5.83. The first kappa shape index (κ1) is 13.5. The predicted molar refractivity (Wildman–Crippen MR) is 73.1 cm³/mol. The lowest BCUT2D eigenvalue weighted by molar-refractivity contribution is 0.0951. The van der Waals surface area contributed by atoms with Crippen molar-refractivity contribution in [3.8, 4) is 0 Å². The van der Waals surface area contributed by atoms with Gasteiger partial charge in [0.25, 0.3) is 5.91 Å². The first-order chi connectivity index (χ1) is 9.08. The number of hydrogen-bond acceptors (Lipinski definition) is 3. The summed E-state index contributed by atoms with van der Waals surface area (Å²) in [6, 6.07) is 2.49. The molecule has 1 aromatic carbocycles. The number of amides is 1. The lowest BCUT2D eigenvalue weighted by atomic mass is 10.2. The largest absolute Gasteiger partial charge is 0.396 e. The Balaban J connectivity index is 1.98. The zero-order valence-corrected chi connectivity index (χ0v) is 11.5. The highest BCUT2D eigenvalue weighted by Gasteiger charge is 2.12. The molecule has 0 bridgehead atoms. The molecule has 0 spiro atoms. The van der Waals surface area contributed by atoms with Crippen LogP contribution in [-0.4, -0.2) is 22.0 Å². The minimum Gasteiger partial charge on any atom is -0.396 e. The summed E-state index contributed by atoms with van der Waals surface area (Å²) in [5.41, 5.74) is 5.70. The number of carbonyl (C=O) groups is 1. The molecule has 0 atom stereocenters. The molecule has 3 N–H and O–H groups in total. The van der Waals surface area contributed by atoms with Crippen LogP contribution in [0.2, 0.25) is 0 Å². The summed E-state index contributed by atoms with van der Waals surface area (Å²) in [5, 5.41) is 2.73. The summed E-state index contributed by atoms with van der Waals surface area (Å²) < 4.78 is 15.4. The van der Waals surface area contributed by atoms with E-state index in [1.54, 1.807) is 18.7 Å². The summed E-state index contributed by atoms with van der Waals surface area (Å²) in [6.07, 6.45) is 5.13. The van der Waals surface area contributed by atoms with Crippen LogP contribution >= 0.6 is 15.9 Å². The maximum atomic E-state index is 13.2. The number of nitrogens with zero attached hydrogens (tertiary/aromatic N) is 2. The van der Waals surface area contributed by atoms with E-state index in [9.17, 15) is 9.18 Å². The number of imidazole rings is 1. The fourth-order valence-electron chi connectivity index (χ4n) is 1.55. The van der Waals surface area contributed by atoms with Gasteiger partial charge in [0, 0.05) is 30.0 Å². The molecule has 0 saturated carbocycles. The van der Waals surface area contributed by atoms with Gasteiger partial charge >= 0.3 is 0 Å². The maximum absolute atomic E-state index is 13.2. The average Bonchev–Trinajstić information content (AvgIpc) is 2.86. The Labute approximate surface area is 117 Å². The van der Waals surface area contributed by atoms with E-state index in [0.29, 0.717) is 23.1 Å². The van der Waals surface area contributed by atoms with Crippen LogP contribution in [0.25, 0.3) is 0 Å². The molecule has 7 heteroatoms. The number of rotatable bonds is 4. The van der Waals surface area contributed by atoms with Crippen molar-refractivity contribution in [2.24, 2.45) is 0 Å². The van der Waals surface area contributed by atoms with Gasteiger partial charge in [0.1, 0.15) is 5.82 Å². The Morgan fingerprint density at radius 2 is 2.32 bits per heavy atom. The number of halogens is 2. The monoisotopic (exact) mass is 326 g/mol. The number of benzene rings is 1. The van der Waals surface area contributed by atoms with Crippen molar-refractivity contribution in [2.75, 3.05) is 12.3 Å². The summed E-state index contributed by atoms with van der Waals surface area (Å²) in [7, 11) is 0. The van der Waals surface area contributed by atoms with Gasteiger partial charge in [-0.05, 0) is 28.1 Å². The van der Waals surface area contributed by atoms with Crippen LogP contribution < -0.4 is 11.1 Å². The van der Waals surface area contributed by atoms with E-state index in [1.165, 1.54) is 12.1 Å². The third-order valence-electron chi connectivity index (χ3n) is 2.55. The van der Waals surface area contributed by atoms with Crippen LogP contribution in [0.3, 0.4) is 0 Å². The van der Waals surface area contributed by atoms with Crippen molar-refractivity contribution >= 4 is 27.5 Å². The molecule has 5 nitrogen and oxygen atoms in total. The van der Waals surface area contributed by atoms with Crippen molar-refractivity contribution in [1.29, 1.82) is 0 Å². The fraction of sp³-hybridized carbons (Fsp3) is 0.167. The van der Waals surface area contributed by atoms with Gasteiger partial charge in [0.05, 0.1) is 17.6 Å². The zero-order chi connectivity index (χ0) is 13.8. The normalized spacial score (nSPS) is 10.4. The lowest BCUT2D eigenvalue weighted by Gasteiger charge is -2.08. The molecule has 1 amide bonds. The van der Waals surface area contributed by atoms with E-state index in [1.807, 2.05) is 4.57 Å². The number of aromatic nitrogens is 2. The molecule has 0 unspecified atom stereocenters. The number of carbonyl (C=O) groups excluding carboxylic acids is 1. The summed E-state index contributed by atoms with van der Waals surface area (Å²) >= 11 is 3.14. The molecule has 2 rings (SSSR count). The van der Waals surface area contributed by atoms with Crippen molar-refractivity contribution in [1.82, 2.24) is 14.9 Å². The molecule has 0 fully saturated rings. The van der Waals surface area contributed by atoms with Crippen LogP contribution in [0.5, 0.6) is 0 Å². The van der Waals surface area contributed by atoms with Gasteiger partial charge < -0.3 is 15.6 Å². The van der Waals surface area contributed by atoms with Crippen LogP contribution in [0.4, 0.5) is 10.1 Å². The lowest BCUT2D eigenvalue weighted by Crippen LogP contribution is -2.27. The van der Waals surface area contributed by atoms with Crippen LogP contribution in [0.1, 0.15) is 10.4 Å². The summed E-state index contributed by atoms with van der Waals surface area (Å²) in [6.45, 7) is 1.05. The smallest absolute Gasteiger partial charge is 0.252 e. The highest BCUT2D eigenvalue weighted by Crippen LogP contribution is 2.22. The molecule has 0 saturated heterocycles. The van der Waals surface area contributed by atoms with Gasteiger partial charge in [0.15, 0.2) is 0 Å². The molecule has 1 heterocycles. The minimum absolute atomic E-state index is 0.0528. The van der Waals surface area contributed by atoms with E-state index in [-0.39, 0.29) is 11.6 Å². The number of nitrogens with one attached hydrogen (secondary N) is 1. The third kappa shape index (κ3) is 3.31. The molecule has 2 aromatic rings. The van der Waals surface area contributed by atoms with Gasteiger partial charge in [-0.2, -0.15) is 0 Å². The van der Waals surface area contributed by atoms with Gasteiger partial charge in [-0.1, -0.05) is 0 Å².